The number of benzene rings is 1. The van der Waals surface area contributed by atoms with Gasteiger partial charge in [-0.25, -0.2) is 15.0 Å². The molecule has 0 aliphatic carbocycles. The topological polar surface area (TPSA) is 83.4 Å². The number of aliphatic imine (C=N–C) groups is 1. The van der Waals surface area contributed by atoms with E-state index in [0.29, 0.717) is 22.7 Å². The van der Waals surface area contributed by atoms with Crippen LogP contribution < -0.4 is 5.43 Å². The molecule has 0 spiro atoms. The number of aromatic nitrogens is 3. The van der Waals surface area contributed by atoms with Crippen molar-refractivity contribution in [1.82, 2.24) is 25.4 Å². The van der Waals surface area contributed by atoms with Crippen LogP contribution >= 0.6 is 11.8 Å². The number of hydrogen-bond donors (Lipinski definition) is 1. The predicted molar refractivity (Wildman–Crippen MR) is 120 cm³/mol. The van der Waals surface area contributed by atoms with Crippen molar-refractivity contribution < 1.29 is 4.79 Å². The van der Waals surface area contributed by atoms with Gasteiger partial charge in [0.15, 0.2) is 0 Å². The third kappa shape index (κ3) is 4.35. The molecule has 8 heteroatoms. The Morgan fingerprint density at radius 1 is 0.935 bits per heavy atom. The molecule has 31 heavy (non-hydrogen) atoms. The molecule has 1 aromatic carbocycles. The second-order valence-electron chi connectivity index (χ2n) is 7.51. The summed E-state index contributed by atoms with van der Waals surface area (Å²) in [4.78, 5) is 32.2. The van der Waals surface area contributed by atoms with E-state index in [4.69, 9.17) is 4.99 Å². The highest BCUT2D eigenvalue weighted by molar-refractivity contribution is 7.99. The first-order valence-electron chi connectivity index (χ1n) is 10.5. The molecule has 4 heterocycles. The molecule has 2 aliphatic rings. The number of rotatable bonds is 3. The molecule has 2 aromatic heterocycles. The summed E-state index contributed by atoms with van der Waals surface area (Å²) in [6.07, 6.45) is 9.72. The van der Waals surface area contributed by atoms with E-state index in [2.05, 4.69) is 20.4 Å². The molecule has 2 aliphatic heterocycles. The smallest absolute Gasteiger partial charge is 0.265 e. The lowest BCUT2D eigenvalue weighted by Crippen LogP contribution is -2.42. The summed E-state index contributed by atoms with van der Waals surface area (Å²) in [6.45, 7) is 1.78. The Balaban J connectivity index is 1.51. The van der Waals surface area contributed by atoms with Gasteiger partial charge in [-0.15, -0.1) is 0 Å². The lowest BCUT2D eigenvalue weighted by molar-refractivity contribution is 0.0794. The average Bonchev–Trinajstić information content (AvgIpc) is 3.16. The second-order valence-corrected chi connectivity index (χ2v) is 8.54. The quantitative estimate of drug-likeness (QED) is 0.528. The molecule has 3 aromatic rings. The number of carbonyl (C=O) groups excluding carboxylic acids is 1. The molecule has 5 rings (SSSR count). The molecule has 0 unspecified atom stereocenters. The van der Waals surface area contributed by atoms with Crippen molar-refractivity contribution in [3.63, 3.8) is 0 Å². The first-order valence-corrected chi connectivity index (χ1v) is 11.3. The van der Waals surface area contributed by atoms with Gasteiger partial charge in [-0.05, 0) is 43.2 Å². The number of hydrazine groups is 1. The highest BCUT2D eigenvalue weighted by Gasteiger charge is 2.23. The zero-order valence-corrected chi connectivity index (χ0v) is 17.8. The number of pyridine rings is 1. The number of fused-ring (bicyclic) bond motifs is 2. The summed E-state index contributed by atoms with van der Waals surface area (Å²) in [5.74, 6) is -0.109. The van der Waals surface area contributed by atoms with Crippen LogP contribution in [0.1, 0.15) is 47.4 Å². The van der Waals surface area contributed by atoms with Crippen molar-refractivity contribution >= 4 is 29.1 Å². The fourth-order valence-electron chi connectivity index (χ4n) is 3.74. The Kier molecular flexibility index (Phi) is 5.73. The van der Waals surface area contributed by atoms with Crippen LogP contribution in [0.5, 0.6) is 0 Å². The average molecular weight is 431 g/mol. The first kappa shape index (κ1) is 19.8. The third-order valence-corrected chi connectivity index (χ3v) is 6.38. The molecule has 0 bridgehead atoms. The molecule has 156 valence electrons. The minimum atomic E-state index is -0.109. The van der Waals surface area contributed by atoms with Gasteiger partial charge in [0.05, 0.1) is 11.4 Å². The minimum Gasteiger partial charge on any atom is -0.285 e. The zero-order valence-electron chi connectivity index (χ0n) is 17.0. The van der Waals surface area contributed by atoms with Crippen LogP contribution in [0, 0.1) is 0 Å². The van der Waals surface area contributed by atoms with Gasteiger partial charge in [-0.1, -0.05) is 30.7 Å². The van der Waals surface area contributed by atoms with Gasteiger partial charge in [0.1, 0.15) is 16.4 Å². The number of nitrogens with zero attached hydrogens (tertiary/aromatic N) is 5. The van der Waals surface area contributed by atoms with Crippen LogP contribution in [0.3, 0.4) is 0 Å². The Morgan fingerprint density at radius 3 is 2.58 bits per heavy atom. The lowest BCUT2D eigenvalue weighted by Gasteiger charge is -2.21. The largest absolute Gasteiger partial charge is 0.285 e. The van der Waals surface area contributed by atoms with Crippen LogP contribution in [-0.4, -0.2) is 44.7 Å². The van der Waals surface area contributed by atoms with Crippen LogP contribution in [0.4, 0.5) is 5.69 Å². The summed E-state index contributed by atoms with van der Waals surface area (Å²) >= 11 is 1.50. The monoisotopic (exact) mass is 430 g/mol. The normalized spacial score (nSPS) is 16.3. The molecule has 1 N–H and O–H groups in total. The summed E-state index contributed by atoms with van der Waals surface area (Å²) < 4.78 is 0. The van der Waals surface area contributed by atoms with Gasteiger partial charge in [0.25, 0.3) is 5.91 Å². The maximum absolute atomic E-state index is 12.9. The third-order valence-electron chi connectivity index (χ3n) is 5.32. The van der Waals surface area contributed by atoms with E-state index in [1.54, 1.807) is 18.6 Å². The first-order chi connectivity index (χ1) is 15.3. The molecule has 0 saturated carbocycles. The van der Waals surface area contributed by atoms with Gasteiger partial charge >= 0.3 is 0 Å². The van der Waals surface area contributed by atoms with Crippen LogP contribution in [0.25, 0.3) is 0 Å². The van der Waals surface area contributed by atoms with Gasteiger partial charge in [0.2, 0.25) is 0 Å². The molecule has 1 amide bonds. The van der Waals surface area contributed by atoms with Gasteiger partial charge < -0.3 is 0 Å². The van der Waals surface area contributed by atoms with Gasteiger partial charge in [0, 0.05) is 42.1 Å². The second kappa shape index (κ2) is 8.95. The number of hydrogen-bond acceptors (Lipinski definition) is 7. The zero-order chi connectivity index (χ0) is 21.0. The lowest BCUT2D eigenvalue weighted by atomic mass is 10.1. The summed E-state index contributed by atoms with van der Waals surface area (Å²) in [5.41, 5.74) is 6.42. The van der Waals surface area contributed by atoms with E-state index in [-0.39, 0.29) is 5.91 Å². The van der Waals surface area contributed by atoms with Gasteiger partial charge in [-0.2, -0.15) is 0 Å². The number of nitrogens with one attached hydrogen (secondary N) is 1. The Morgan fingerprint density at radius 2 is 1.77 bits per heavy atom. The highest BCUT2D eigenvalue weighted by Crippen LogP contribution is 2.39. The fourth-order valence-corrected chi connectivity index (χ4v) is 4.66. The van der Waals surface area contributed by atoms with Gasteiger partial charge in [-0.3, -0.25) is 20.2 Å². The van der Waals surface area contributed by atoms with E-state index in [1.165, 1.54) is 24.6 Å². The molecule has 1 fully saturated rings. The van der Waals surface area contributed by atoms with E-state index >= 15 is 0 Å². The highest BCUT2D eigenvalue weighted by atomic mass is 32.2. The summed E-state index contributed by atoms with van der Waals surface area (Å²) in [6, 6.07) is 11.3. The van der Waals surface area contributed by atoms with Crippen molar-refractivity contribution in [1.29, 1.82) is 0 Å². The van der Waals surface area contributed by atoms with Crippen molar-refractivity contribution in [2.75, 3.05) is 13.1 Å². The predicted octanol–water partition coefficient (Wildman–Crippen LogP) is 4.03. The van der Waals surface area contributed by atoms with E-state index in [1.807, 2.05) is 41.4 Å². The molecule has 0 radical (unpaired) electrons. The van der Waals surface area contributed by atoms with Crippen LogP contribution in [-0.2, 0) is 0 Å². The summed E-state index contributed by atoms with van der Waals surface area (Å²) in [5, 5.41) is 2.80. The number of carbonyl (C=O) groups is 1. The van der Waals surface area contributed by atoms with Crippen LogP contribution in [0.15, 0.2) is 69.9 Å². The van der Waals surface area contributed by atoms with Crippen molar-refractivity contribution in [2.24, 2.45) is 4.99 Å². The minimum absolute atomic E-state index is 0.109. The molecule has 0 atom stereocenters. The Bertz CT molecular complexity index is 1130. The molecular weight excluding hydrogens is 408 g/mol. The maximum Gasteiger partial charge on any atom is 0.265 e. The van der Waals surface area contributed by atoms with Crippen LogP contribution in [0.2, 0.25) is 0 Å². The maximum atomic E-state index is 12.9. The molecule has 7 nitrogen and oxygen atoms in total. The van der Waals surface area contributed by atoms with Crippen molar-refractivity contribution in [2.45, 2.75) is 35.6 Å². The Labute approximate surface area is 185 Å². The standard InChI is InChI=1S/C23H22N6OS/c30-22(28-29-13-5-1-2-6-14-29)16-8-9-19-18(15-16)27-20(17-7-3-4-10-24-17)21-23(31-19)26-12-11-25-21/h3-4,7-12,15H,1-2,5-6,13-14H2,(H,28,30). The van der Waals surface area contributed by atoms with E-state index in [9.17, 15) is 4.79 Å². The van der Waals surface area contributed by atoms with Crippen molar-refractivity contribution in [3.05, 3.63) is 71.9 Å². The molecule has 1 saturated heterocycles. The summed E-state index contributed by atoms with van der Waals surface area (Å²) in [7, 11) is 0. The Hall–Kier alpha value is -3.10. The van der Waals surface area contributed by atoms with Crippen molar-refractivity contribution in [3.8, 4) is 0 Å². The SMILES string of the molecule is O=C(NN1CCCCCC1)c1ccc2c(c1)N=C(c1ccccn1)c1nccnc1S2. The van der Waals surface area contributed by atoms with E-state index in [0.717, 1.165) is 41.5 Å². The van der Waals surface area contributed by atoms with E-state index < -0.39 is 0 Å². The number of amides is 1. The fraction of sp³-hybridized carbons (Fsp3) is 0.261. The molecular formula is C23H22N6OS.